The number of hydrogen-bond acceptors (Lipinski definition) is 3. The molecule has 4 nitrogen and oxygen atoms in total. The van der Waals surface area contributed by atoms with E-state index in [-0.39, 0.29) is 17.8 Å². The molecule has 0 radical (unpaired) electrons. The minimum Gasteiger partial charge on any atom is -0.507 e. The lowest BCUT2D eigenvalue weighted by atomic mass is 10.2. The highest BCUT2D eigenvalue weighted by molar-refractivity contribution is 9.10. The van der Waals surface area contributed by atoms with Gasteiger partial charge < -0.3 is 5.11 Å². The number of halogens is 1. The summed E-state index contributed by atoms with van der Waals surface area (Å²) in [6, 6.07) is 4.65. The SMILES string of the molecule is O=C(NOC1CCCC1)c1ccc(Br)c(O)c1. The predicted molar refractivity (Wildman–Crippen MR) is 66.6 cm³/mol. The highest BCUT2D eigenvalue weighted by atomic mass is 79.9. The smallest absolute Gasteiger partial charge is 0.274 e. The number of phenolic OH excluding ortho intramolecular Hbond substituents is 1. The van der Waals surface area contributed by atoms with E-state index in [1.807, 2.05) is 0 Å². The van der Waals surface area contributed by atoms with Crippen molar-refractivity contribution in [3.8, 4) is 5.75 Å². The van der Waals surface area contributed by atoms with Crippen molar-refractivity contribution in [3.05, 3.63) is 28.2 Å². The molecule has 2 N–H and O–H groups in total. The Balaban J connectivity index is 1.92. The van der Waals surface area contributed by atoms with E-state index in [2.05, 4.69) is 21.4 Å². The third kappa shape index (κ3) is 3.20. The fourth-order valence-electron chi connectivity index (χ4n) is 1.86. The Morgan fingerprint density at radius 1 is 1.41 bits per heavy atom. The molecule has 92 valence electrons. The Bertz CT molecular complexity index is 416. The van der Waals surface area contributed by atoms with Gasteiger partial charge in [-0.1, -0.05) is 12.8 Å². The molecule has 1 aromatic carbocycles. The summed E-state index contributed by atoms with van der Waals surface area (Å²) in [6.07, 6.45) is 4.42. The van der Waals surface area contributed by atoms with Crippen LogP contribution in [0.4, 0.5) is 0 Å². The molecule has 5 heteroatoms. The van der Waals surface area contributed by atoms with E-state index in [0.717, 1.165) is 25.7 Å². The van der Waals surface area contributed by atoms with Crippen LogP contribution >= 0.6 is 15.9 Å². The fraction of sp³-hybridized carbons (Fsp3) is 0.417. The normalized spacial score (nSPS) is 16.1. The van der Waals surface area contributed by atoms with Crippen molar-refractivity contribution in [2.75, 3.05) is 0 Å². The molecule has 1 aliphatic carbocycles. The topological polar surface area (TPSA) is 58.6 Å². The zero-order valence-electron chi connectivity index (χ0n) is 9.28. The lowest BCUT2D eigenvalue weighted by Gasteiger charge is -2.11. The number of hydroxylamine groups is 1. The molecule has 0 unspecified atom stereocenters. The molecular weight excluding hydrogens is 286 g/mol. The number of hydrogen-bond donors (Lipinski definition) is 2. The summed E-state index contributed by atoms with van der Waals surface area (Å²) in [5, 5.41) is 9.46. The van der Waals surface area contributed by atoms with E-state index < -0.39 is 0 Å². The molecular formula is C12H14BrNO3. The van der Waals surface area contributed by atoms with Crippen molar-refractivity contribution >= 4 is 21.8 Å². The van der Waals surface area contributed by atoms with Crippen LogP contribution in [0.15, 0.2) is 22.7 Å². The number of carbonyl (C=O) groups is 1. The number of amides is 1. The minimum atomic E-state index is -0.334. The molecule has 1 amide bonds. The molecule has 0 spiro atoms. The summed E-state index contributed by atoms with van der Waals surface area (Å²) in [4.78, 5) is 17.0. The summed E-state index contributed by atoms with van der Waals surface area (Å²) < 4.78 is 0.561. The van der Waals surface area contributed by atoms with Crippen molar-refractivity contribution in [3.63, 3.8) is 0 Å². The monoisotopic (exact) mass is 299 g/mol. The van der Waals surface area contributed by atoms with Crippen molar-refractivity contribution < 1.29 is 14.7 Å². The van der Waals surface area contributed by atoms with Gasteiger partial charge in [-0.15, -0.1) is 0 Å². The Labute approximate surface area is 108 Å². The summed E-state index contributed by atoms with van der Waals surface area (Å²) in [6.45, 7) is 0. The molecule has 0 saturated heterocycles. The maximum Gasteiger partial charge on any atom is 0.274 e. The maximum absolute atomic E-state index is 11.7. The Morgan fingerprint density at radius 2 is 2.12 bits per heavy atom. The maximum atomic E-state index is 11.7. The van der Waals surface area contributed by atoms with Crippen molar-refractivity contribution in [1.29, 1.82) is 0 Å². The second-order valence-corrected chi connectivity index (χ2v) is 4.98. The molecule has 0 bridgehead atoms. The molecule has 2 rings (SSSR count). The van der Waals surface area contributed by atoms with Gasteiger partial charge in [-0.2, -0.15) is 0 Å². The number of benzene rings is 1. The lowest BCUT2D eigenvalue weighted by molar-refractivity contribution is -0.0125. The number of phenols is 1. The van der Waals surface area contributed by atoms with Gasteiger partial charge in [0.1, 0.15) is 5.75 Å². The number of aromatic hydroxyl groups is 1. The summed E-state index contributed by atoms with van der Waals surface area (Å²) in [5.74, 6) is -0.293. The van der Waals surface area contributed by atoms with Gasteiger partial charge in [-0.05, 0) is 47.0 Å². The molecule has 0 atom stereocenters. The van der Waals surface area contributed by atoms with Gasteiger partial charge in [-0.25, -0.2) is 5.48 Å². The third-order valence-electron chi connectivity index (χ3n) is 2.83. The number of nitrogens with one attached hydrogen (secondary N) is 1. The van der Waals surface area contributed by atoms with Gasteiger partial charge in [0.05, 0.1) is 10.6 Å². The largest absolute Gasteiger partial charge is 0.507 e. The standard InChI is InChI=1S/C12H14BrNO3/c13-10-6-5-8(7-11(10)15)12(16)14-17-9-3-1-2-4-9/h5-7,9,15H,1-4H2,(H,14,16). The van der Waals surface area contributed by atoms with E-state index in [1.165, 1.54) is 6.07 Å². The molecule has 0 aromatic heterocycles. The van der Waals surface area contributed by atoms with E-state index in [0.29, 0.717) is 10.0 Å². The second kappa shape index (κ2) is 5.51. The molecule has 17 heavy (non-hydrogen) atoms. The van der Waals surface area contributed by atoms with E-state index in [9.17, 15) is 9.90 Å². The minimum absolute atomic E-state index is 0.0403. The van der Waals surface area contributed by atoms with Crippen LogP contribution in [-0.2, 0) is 4.84 Å². The van der Waals surface area contributed by atoms with Gasteiger partial charge in [0.25, 0.3) is 5.91 Å². The third-order valence-corrected chi connectivity index (χ3v) is 3.50. The van der Waals surface area contributed by atoms with Crippen molar-refractivity contribution in [1.82, 2.24) is 5.48 Å². The average Bonchev–Trinajstić information content (AvgIpc) is 2.82. The van der Waals surface area contributed by atoms with E-state index in [4.69, 9.17) is 4.84 Å². The quantitative estimate of drug-likeness (QED) is 0.844. The van der Waals surface area contributed by atoms with Crippen LogP contribution in [-0.4, -0.2) is 17.1 Å². The Hall–Kier alpha value is -1.07. The van der Waals surface area contributed by atoms with E-state index in [1.54, 1.807) is 12.1 Å². The first-order chi connectivity index (χ1) is 8.16. The van der Waals surface area contributed by atoms with Crippen LogP contribution in [0.3, 0.4) is 0 Å². The van der Waals surface area contributed by atoms with Crippen LogP contribution in [0.1, 0.15) is 36.0 Å². The Morgan fingerprint density at radius 3 is 2.76 bits per heavy atom. The van der Waals surface area contributed by atoms with Crippen LogP contribution in [0.25, 0.3) is 0 Å². The van der Waals surface area contributed by atoms with Crippen molar-refractivity contribution in [2.24, 2.45) is 0 Å². The molecule has 0 aliphatic heterocycles. The summed E-state index contributed by atoms with van der Waals surface area (Å²) in [7, 11) is 0. The fourth-order valence-corrected chi connectivity index (χ4v) is 2.10. The highest BCUT2D eigenvalue weighted by Gasteiger charge is 2.17. The van der Waals surface area contributed by atoms with Crippen LogP contribution in [0.2, 0.25) is 0 Å². The van der Waals surface area contributed by atoms with E-state index >= 15 is 0 Å². The zero-order chi connectivity index (χ0) is 12.3. The van der Waals surface area contributed by atoms with Crippen LogP contribution in [0, 0.1) is 0 Å². The van der Waals surface area contributed by atoms with Gasteiger partial charge in [-0.3, -0.25) is 9.63 Å². The average molecular weight is 300 g/mol. The van der Waals surface area contributed by atoms with Gasteiger partial charge >= 0.3 is 0 Å². The van der Waals surface area contributed by atoms with Crippen LogP contribution in [0.5, 0.6) is 5.75 Å². The molecule has 1 saturated carbocycles. The molecule has 1 aromatic rings. The highest BCUT2D eigenvalue weighted by Crippen LogP contribution is 2.24. The first kappa shape index (κ1) is 12.4. The van der Waals surface area contributed by atoms with Gasteiger partial charge in [0, 0.05) is 5.56 Å². The van der Waals surface area contributed by atoms with Crippen LogP contribution < -0.4 is 5.48 Å². The first-order valence-electron chi connectivity index (χ1n) is 5.61. The Kier molecular flexibility index (Phi) is 4.02. The van der Waals surface area contributed by atoms with Crippen molar-refractivity contribution in [2.45, 2.75) is 31.8 Å². The second-order valence-electron chi connectivity index (χ2n) is 4.12. The van der Waals surface area contributed by atoms with Gasteiger partial charge in [0.2, 0.25) is 0 Å². The number of carbonyl (C=O) groups excluding carboxylic acids is 1. The zero-order valence-corrected chi connectivity index (χ0v) is 10.9. The number of rotatable bonds is 3. The molecule has 0 heterocycles. The first-order valence-corrected chi connectivity index (χ1v) is 6.40. The molecule has 1 aliphatic rings. The predicted octanol–water partition coefficient (Wildman–Crippen LogP) is 2.76. The van der Waals surface area contributed by atoms with Gasteiger partial charge in [0.15, 0.2) is 0 Å². The molecule has 1 fully saturated rings. The summed E-state index contributed by atoms with van der Waals surface area (Å²) >= 11 is 3.16. The lowest BCUT2D eigenvalue weighted by Crippen LogP contribution is -2.28. The summed E-state index contributed by atoms with van der Waals surface area (Å²) in [5.41, 5.74) is 2.80.